The van der Waals surface area contributed by atoms with Gasteiger partial charge in [0.15, 0.2) is 16.6 Å². The van der Waals surface area contributed by atoms with E-state index in [2.05, 4.69) is 117 Å². The minimum Gasteiger partial charge on any atom is -0.469 e. The summed E-state index contributed by atoms with van der Waals surface area (Å²) in [7, 11) is -2.40. The van der Waals surface area contributed by atoms with Crippen molar-refractivity contribution in [2.45, 2.75) is 161 Å². The van der Waals surface area contributed by atoms with E-state index in [0.29, 0.717) is 6.42 Å². The van der Waals surface area contributed by atoms with E-state index in [1.807, 2.05) is 0 Å². The Hall–Kier alpha value is -1.48. The van der Waals surface area contributed by atoms with Gasteiger partial charge in [-0.1, -0.05) is 116 Å². The molecule has 1 aromatic rings. The van der Waals surface area contributed by atoms with Gasteiger partial charge in [-0.05, 0) is 79.5 Å². The minimum atomic E-state index is -1.94. The van der Waals surface area contributed by atoms with E-state index in [1.165, 1.54) is 43.1 Å². The van der Waals surface area contributed by atoms with Gasteiger partial charge < -0.3 is 13.6 Å². The molecule has 0 aliphatic heterocycles. The Labute approximate surface area is 267 Å². The molecule has 43 heavy (non-hydrogen) atoms. The molecule has 0 N–H and O–H groups in total. The third-order valence-corrected chi connectivity index (χ3v) is 19.1. The number of carbonyl (C=O) groups excluding carboxylic acids is 1. The number of unbranched alkanes of at least 4 members (excludes halogenated alkanes) is 3. The van der Waals surface area contributed by atoms with Crippen LogP contribution in [-0.2, 0) is 18.4 Å². The molecule has 244 valence electrons. The van der Waals surface area contributed by atoms with E-state index in [1.54, 1.807) is 0 Å². The number of methoxy groups -OCH3 is 1. The number of ether oxygens (including phenoxy) is 1. The Kier molecular flexibility index (Phi) is 14.2. The fourth-order valence-electron chi connectivity index (χ4n) is 5.21. The van der Waals surface area contributed by atoms with Crippen LogP contribution in [0.1, 0.15) is 129 Å². The lowest BCUT2D eigenvalue weighted by molar-refractivity contribution is -0.140. The van der Waals surface area contributed by atoms with Gasteiger partial charge in [-0.15, -0.1) is 0 Å². The van der Waals surface area contributed by atoms with Crippen LogP contribution in [0.5, 0.6) is 0 Å². The highest BCUT2D eigenvalue weighted by Crippen LogP contribution is 2.46. The molecule has 0 saturated heterocycles. The first-order chi connectivity index (χ1) is 19.9. The molecule has 0 saturated carbocycles. The standard InChI is InChI=1S/C37H64O4Si2/c1-13-14-17-21-32(40-42(9,10)36(2,3)4)29-23-25-31(26-24-29)35-30(20-18-15-16-19-22-34(38)39-8)27-28-33(35)41-43(11,12)37(5,6)7/h15,18,23-27,32-33,35H,13-14,16-17,19-22,28H2,1-12H3/t32?,33-,35+/m1/s1. The summed E-state index contributed by atoms with van der Waals surface area (Å²) in [6.07, 6.45) is 16.0. The second-order valence-electron chi connectivity index (χ2n) is 15.6. The summed E-state index contributed by atoms with van der Waals surface area (Å²) in [5, 5.41) is 0.344. The lowest BCUT2D eigenvalue weighted by Gasteiger charge is -2.40. The normalized spacial score (nSPS) is 19.1. The first-order valence-corrected chi connectivity index (χ1v) is 22.6. The zero-order chi connectivity index (χ0) is 32.5. The molecule has 1 aliphatic carbocycles. The zero-order valence-electron chi connectivity index (χ0n) is 29.8. The maximum Gasteiger partial charge on any atom is 0.305 e. The largest absolute Gasteiger partial charge is 0.469 e. The summed E-state index contributed by atoms with van der Waals surface area (Å²) in [6, 6.07) is 9.37. The Balaban J connectivity index is 2.32. The van der Waals surface area contributed by atoms with Crippen LogP contribution in [0.15, 0.2) is 48.1 Å². The topological polar surface area (TPSA) is 44.8 Å². The molecular weight excluding hydrogens is 565 g/mol. The molecule has 1 aromatic carbocycles. The third-order valence-electron chi connectivity index (χ3n) is 10.1. The predicted molar refractivity (Wildman–Crippen MR) is 189 cm³/mol. The molecular formula is C37H64O4Si2. The van der Waals surface area contributed by atoms with Gasteiger partial charge >= 0.3 is 5.97 Å². The van der Waals surface area contributed by atoms with Gasteiger partial charge in [-0.3, -0.25) is 4.79 Å². The number of allylic oxidation sites excluding steroid dienone is 2. The summed E-state index contributed by atoms with van der Waals surface area (Å²) in [5.41, 5.74) is 4.09. The second kappa shape index (κ2) is 16.2. The van der Waals surface area contributed by atoms with Crippen molar-refractivity contribution in [1.29, 1.82) is 0 Å². The van der Waals surface area contributed by atoms with Crippen molar-refractivity contribution < 1.29 is 18.4 Å². The molecule has 0 bridgehead atoms. The summed E-state index contributed by atoms with van der Waals surface area (Å²) in [6.45, 7) is 25.7. The van der Waals surface area contributed by atoms with Crippen molar-refractivity contribution in [2.75, 3.05) is 7.11 Å². The quantitative estimate of drug-likeness (QED) is 0.0790. The Morgan fingerprint density at radius 3 is 2.12 bits per heavy atom. The molecule has 1 aliphatic rings. The smallest absolute Gasteiger partial charge is 0.305 e. The second-order valence-corrected chi connectivity index (χ2v) is 25.1. The van der Waals surface area contributed by atoms with Gasteiger partial charge in [0.1, 0.15) is 0 Å². The Morgan fingerprint density at radius 2 is 1.56 bits per heavy atom. The van der Waals surface area contributed by atoms with Crippen LogP contribution in [0.2, 0.25) is 36.3 Å². The molecule has 0 aromatic heterocycles. The molecule has 2 rings (SSSR count). The van der Waals surface area contributed by atoms with Gasteiger partial charge in [0.25, 0.3) is 0 Å². The van der Waals surface area contributed by atoms with Gasteiger partial charge in [-0.2, -0.15) is 0 Å². The summed E-state index contributed by atoms with van der Waals surface area (Å²) >= 11 is 0. The van der Waals surface area contributed by atoms with Crippen molar-refractivity contribution in [1.82, 2.24) is 0 Å². The SMILES string of the molecule is CCCCCC(O[Si](C)(C)C(C)(C)C)c1ccc([C@@H]2C(CC=CCCCC(=O)OC)=CC[C@H]2O[Si](C)(C)C(C)(C)C)cc1. The van der Waals surface area contributed by atoms with Crippen LogP contribution in [0.3, 0.4) is 0 Å². The van der Waals surface area contributed by atoms with E-state index in [9.17, 15) is 4.79 Å². The number of rotatable bonds is 16. The highest BCUT2D eigenvalue weighted by atomic mass is 28.4. The fraction of sp³-hybridized carbons (Fsp3) is 0.703. The monoisotopic (exact) mass is 628 g/mol. The average molecular weight is 629 g/mol. The Morgan fingerprint density at radius 1 is 0.930 bits per heavy atom. The number of hydrogen-bond donors (Lipinski definition) is 0. The van der Waals surface area contributed by atoms with Crippen molar-refractivity contribution in [3.05, 3.63) is 59.2 Å². The van der Waals surface area contributed by atoms with E-state index in [4.69, 9.17) is 13.6 Å². The van der Waals surface area contributed by atoms with Crippen LogP contribution in [0.25, 0.3) is 0 Å². The minimum absolute atomic E-state index is 0.136. The lowest BCUT2D eigenvalue weighted by atomic mass is 9.88. The molecule has 0 amide bonds. The fourth-order valence-corrected chi connectivity index (χ4v) is 7.87. The summed E-state index contributed by atoms with van der Waals surface area (Å²) in [4.78, 5) is 11.4. The van der Waals surface area contributed by atoms with Crippen molar-refractivity contribution in [3.8, 4) is 0 Å². The maximum atomic E-state index is 11.4. The van der Waals surface area contributed by atoms with Crippen LogP contribution in [0.4, 0.5) is 0 Å². The van der Waals surface area contributed by atoms with Crippen molar-refractivity contribution in [3.63, 3.8) is 0 Å². The van der Waals surface area contributed by atoms with Gasteiger partial charge in [0.05, 0.1) is 19.3 Å². The number of carbonyl (C=O) groups is 1. The van der Waals surface area contributed by atoms with Crippen molar-refractivity contribution >= 4 is 22.6 Å². The molecule has 0 fully saturated rings. The van der Waals surface area contributed by atoms with Gasteiger partial charge in [-0.25, -0.2) is 0 Å². The molecule has 6 heteroatoms. The first-order valence-electron chi connectivity index (χ1n) is 16.8. The average Bonchev–Trinajstić information content (AvgIpc) is 3.30. The molecule has 1 unspecified atom stereocenters. The molecule has 0 heterocycles. The van der Waals surface area contributed by atoms with E-state index >= 15 is 0 Å². The first kappa shape index (κ1) is 37.7. The molecule has 3 atom stereocenters. The van der Waals surface area contributed by atoms with Crippen LogP contribution in [0, 0.1) is 0 Å². The Bertz CT molecular complexity index is 1060. The summed E-state index contributed by atoms with van der Waals surface area (Å²) in [5.74, 6) is 0.117. The van der Waals surface area contributed by atoms with E-state index in [0.717, 1.165) is 32.1 Å². The molecule has 4 nitrogen and oxygen atoms in total. The molecule has 0 spiro atoms. The third kappa shape index (κ3) is 11.1. The van der Waals surface area contributed by atoms with Crippen LogP contribution in [-0.4, -0.2) is 35.8 Å². The molecule has 0 radical (unpaired) electrons. The number of esters is 1. The van der Waals surface area contributed by atoms with Gasteiger partial charge in [0, 0.05) is 12.3 Å². The number of benzene rings is 1. The van der Waals surface area contributed by atoms with Gasteiger partial charge in [0.2, 0.25) is 0 Å². The van der Waals surface area contributed by atoms with Crippen LogP contribution < -0.4 is 0 Å². The summed E-state index contributed by atoms with van der Waals surface area (Å²) < 4.78 is 18.9. The van der Waals surface area contributed by atoms with E-state index < -0.39 is 16.6 Å². The zero-order valence-corrected chi connectivity index (χ0v) is 31.8. The highest BCUT2D eigenvalue weighted by molar-refractivity contribution is 6.74. The predicted octanol–water partition coefficient (Wildman–Crippen LogP) is 11.4. The van der Waals surface area contributed by atoms with Crippen LogP contribution >= 0.6 is 0 Å². The maximum absolute atomic E-state index is 11.4. The van der Waals surface area contributed by atoms with Crippen molar-refractivity contribution in [2.24, 2.45) is 0 Å². The lowest BCUT2D eigenvalue weighted by Crippen LogP contribution is -2.44. The van der Waals surface area contributed by atoms with E-state index in [-0.39, 0.29) is 34.2 Å². The number of hydrogen-bond acceptors (Lipinski definition) is 4. The highest BCUT2D eigenvalue weighted by Gasteiger charge is 2.43.